The van der Waals surface area contributed by atoms with Crippen LogP contribution in [0, 0.1) is 0 Å². The van der Waals surface area contributed by atoms with Crippen molar-refractivity contribution in [1.29, 1.82) is 0 Å². The van der Waals surface area contributed by atoms with Crippen LogP contribution >= 0.6 is 0 Å². The monoisotopic (exact) mass is 787 g/mol. The molecule has 1 aliphatic rings. The van der Waals surface area contributed by atoms with Crippen molar-refractivity contribution in [1.82, 2.24) is 0 Å². The molecule has 1 saturated heterocycles. The second-order valence-corrected chi connectivity index (χ2v) is 16.0. The van der Waals surface area contributed by atoms with E-state index in [0.29, 0.717) is 12.8 Å². The van der Waals surface area contributed by atoms with Crippen LogP contribution in [0.15, 0.2) is 142 Å². The first kappa shape index (κ1) is 51.2. The molecule has 316 valence electrons. The van der Waals surface area contributed by atoms with Gasteiger partial charge in [0.2, 0.25) is 0 Å². The summed E-state index contributed by atoms with van der Waals surface area (Å²) in [5.41, 5.74) is 8.00. The summed E-state index contributed by atoms with van der Waals surface area (Å²) in [5, 5.41) is 31.2. The minimum atomic E-state index is -1.50. The Morgan fingerprint density at radius 1 is 0.632 bits per heavy atom. The first-order valence-corrected chi connectivity index (χ1v) is 20.5. The van der Waals surface area contributed by atoms with Gasteiger partial charge < -0.3 is 29.5 Å². The fourth-order valence-electron chi connectivity index (χ4n) is 5.52. The van der Waals surface area contributed by atoms with Gasteiger partial charge in [-0.2, -0.15) is 0 Å². The molecule has 7 heteroatoms. The predicted molar refractivity (Wildman–Crippen MR) is 238 cm³/mol. The van der Waals surface area contributed by atoms with Gasteiger partial charge in [-0.05, 0) is 108 Å². The van der Waals surface area contributed by atoms with Gasteiger partial charge in [0, 0.05) is 6.42 Å². The van der Waals surface area contributed by atoms with E-state index in [2.05, 4.69) is 121 Å². The minimum Gasteiger partial charge on any atom is -0.463 e. The molecule has 0 unspecified atom stereocenters. The Balaban J connectivity index is 2.58. The van der Waals surface area contributed by atoms with Crippen LogP contribution in [0.25, 0.3) is 0 Å². The number of carbonyl (C=O) groups excluding carboxylic acids is 1. The second-order valence-electron chi connectivity index (χ2n) is 16.0. The molecule has 3 N–H and O–H groups in total. The molecule has 0 bridgehead atoms. The minimum absolute atomic E-state index is 0.243. The molecule has 1 aliphatic heterocycles. The molecule has 1 rings (SSSR count). The Hall–Kier alpha value is -3.85. The van der Waals surface area contributed by atoms with Gasteiger partial charge in [0.05, 0.1) is 5.60 Å². The van der Waals surface area contributed by atoms with Crippen molar-refractivity contribution >= 4 is 5.97 Å². The van der Waals surface area contributed by atoms with Gasteiger partial charge >= 0.3 is 5.97 Å². The highest BCUT2D eigenvalue weighted by atomic mass is 16.7. The number of aliphatic hydroxyl groups excluding tert-OH is 3. The molecule has 1 fully saturated rings. The van der Waals surface area contributed by atoms with E-state index in [1.807, 2.05) is 58.1 Å². The lowest BCUT2D eigenvalue weighted by molar-refractivity contribution is -0.323. The molecule has 0 aliphatic carbocycles. The van der Waals surface area contributed by atoms with Crippen molar-refractivity contribution in [2.24, 2.45) is 0 Å². The van der Waals surface area contributed by atoms with Crippen molar-refractivity contribution < 1.29 is 34.3 Å². The summed E-state index contributed by atoms with van der Waals surface area (Å²) in [6.07, 6.45) is 35.0. The Morgan fingerprint density at radius 3 is 1.70 bits per heavy atom. The molecule has 7 nitrogen and oxygen atoms in total. The highest BCUT2D eigenvalue weighted by Crippen LogP contribution is 2.28. The summed E-state index contributed by atoms with van der Waals surface area (Å²) in [6.45, 7) is 22.3. The fraction of sp³-hybridized carbons (Fsp3) is 0.500. The molecule has 0 saturated carbocycles. The van der Waals surface area contributed by atoms with E-state index in [-0.39, 0.29) is 13.0 Å². The Labute approximate surface area is 345 Å². The number of rotatable bonds is 23. The summed E-state index contributed by atoms with van der Waals surface area (Å²) in [6, 6.07) is 0. The summed E-state index contributed by atoms with van der Waals surface area (Å²) < 4.78 is 16.9. The molecule has 0 aromatic carbocycles. The van der Waals surface area contributed by atoms with E-state index >= 15 is 0 Å². The Kier molecular flexibility index (Phi) is 25.6. The van der Waals surface area contributed by atoms with E-state index in [4.69, 9.17) is 14.2 Å². The number of carbonyl (C=O) groups is 1. The van der Waals surface area contributed by atoms with E-state index < -0.39 is 42.3 Å². The van der Waals surface area contributed by atoms with Crippen LogP contribution < -0.4 is 0 Å². The van der Waals surface area contributed by atoms with Crippen molar-refractivity contribution in [3.8, 4) is 0 Å². The zero-order chi connectivity index (χ0) is 42.8. The molecule has 0 amide bonds. The standard InChI is InChI=1S/C50H74O7/c1-12-21-45(51)55-36-44-46(52)47(53)48(54)49(56-44)57-50(10,11)35-20-34-43(9)33-19-32-42(8)30-17-27-39(5)24-14-13-23-38(4)26-16-29-41(7)31-18-28-40(6)25-15-22-37(2)3/h13-14,16-17,19-20,22-24,26-30,32-34,44,46-49,52-54H,12,15,18,21,25,31,35-36H2,1-11H3/b14-13+,26-16+,27-17+,32-19+,34-20+,38-23+,39-24+,40-28+,41-29+,42-30+,43-33+/t44-,46-,47+,48-,49+/m1/s1. The molecular weight excluding hydrogens is 713 g/mol. The second kappa shape index (κ2) is 28.5. The Bertz CT molecular complexity index is 1600. The van der Waals surface area contributed by atoms with E-state index in [9.17, 15) is 20.1 Å². The average Bonchev–Trinajstić information content (AvgIpc) is 3.13. The maximum absolute atomic E-state index is 11.8. The van der Waals surface area contributed by atoms with Crippen LogP contribution in [-0.2, 0) is 19.0 Å². The van der Waals surface area contributed by atoms with Gasteiger partial charge in [-0.1, -0.05) is 149 Å². The molecule has 1 heterocycles. The van der Waals surface area contributed by atoms with Gasteiger partial charge in [0.25, 0.3) is 0 Å². The summed E-state index contributed by atoms with van der Waals surface area (Å²) in [5.74, 6) is -0.418. The third-order valence-electron chi connectivity index (χ3n) is 9.08. The SMILES string of the molecule is CCCC(=O)OC[C@H]1O[C@@H](OC(C)(C)C/C=C/C(C)=C/C=C/C(C)=C/C=C/C(C)=C/C=C/C=C(C)/C=C/C=C(\C)CC/C=C(\C)CCC=C(C)C)[C@H](O)[C@@H](O)[C@@H]1O. The lowest BCUT2D eigenvalue weighted by Crippen LogP contribution is -2.60. The van der Waals surface area contributed by atoms with Crippen LogP contribution in [0.4, 0.5) is 0 Å². The number of ether oxygens (including phenoxy) is 3. The summed E-state index contributed by atoms with van der Waals surface area (Å²) >= 11 is 0. The van der Waals surface area contributed by atoms with Crippen LogP contribution in [0.3, 0.4) is 0 Å². The molecule has 0 aromatic heterocycles. The first-order chi connectivity index (χ1) is 26.9. The van der Waals surface area contributed by atoms with Gasteiger partial charge in [-0.25, -0.2) is 0 Å². The highest BCUT2D eigenvalue weighted by molar-refractivity contribution is 5.69. The van der Waals surface area contributed by atoms with Crippen molar-refractivity contribution in [3.05, 3.63) is 142 Å². The molecule has 57 heavy (non-hydrogen) atoms. The van der Waals surface area contributed by atoms with Crippen LogP contribution in [-0.4, -0.2) is 64.2 Å². The lowest BCUT2D eigenvalue weighted by Gasteiger charge is -2.42. The molecular formula is C50H74O7. The number of hydrogen-bond donors (Lipinski definition) is 3. The number of allylic oxidation sites excluding steroid dienone is 23. The van der Waals surface area contributed by atoms with Crippen LogP contribution in [0.1, 0.15) is 121 Å². The van der Waals surface area contributed by atoms with E-state index in [1.165, 1.54) is 22.3 Å². The van der Waals surface area contributed by atoms with Gasteiger partial charge in [0.15, 0.2) is 6.29 Å². The third kappa shape index (κ3) is 24.5. The quantitative estimate of drug-likeness (QED) is 0.0538. The fourth-order valence-corrected chi connectivity index (χ4v) is 5.52. The van der Waals surface area contributed by atoms with Gasteiger partial charge in [0.1, 0.15) is 31.0 Å². The van der Waals surface area contributed by atoms with Crippen LogP contribution in [0.5, 0.6) is 0 Å². The number of esters is 1. The molecule has 0 spiro atoms. The van der Waals surface area contributed by atoms with Crippen molar-refractivity contribution in [3.63, 3.8) is 0 Å². The van der Waals surface area contributed by atoms with Gasteiger partial charge in [-0.3, -0.25) is 4.79 Å². The first-order valence-electron chi connectivity index (χ1n) is 20.5. The molecule has 5 atom stereocenters. The maximum Gasteiger partial charge on any atom is 0.305 e. The van der Waals surface area contributed by atoms with Crippen molar-refractivity contribution in [2.45, 2.75) is 157 Å². The van der Waals surface area contributed by atoms with E-state index in [1.54, 1.807) is 0 Å². The topological polar surface area (TPSA) is 105 Å². The predicted octanol–water partition coefficient (Wildman–Crippen LogP) is 11.3. The Morgan fingerprint density at radius 2 is 1.14 bits per heavy atom. The summed E-state index contributed by atoms with van der Waals surface area (Å²) in [4.78, 5) is 11.8. The van der Waals surface area contributed by atoms with Crippen molar-refractivity contribution in [2.75, 3.05) is 6.61 Å². The smallest absolute Gasteiger partial charge is 0.305 e. The van der Waals surface area contributed by atoms with Crippen LogP contribution in [0.2, 0.25) is 0 Å². The number of aliphatic hydroxyl groups is 3. The lowest BCUT2D eigenvalue weighted by atomic mass is 9.98. The molecule has 0 radical (unpaired) electrons. The normalized spacial score (nSPS) is 22.6. The maximum atomic E-state index is 11.8. The average molecular weight is 787 g/mol. The zero-order valence-corrected chi connectivity index (χ0v) is 36.8. The molecule has 0 aromatic rings. The number of hydrogen-bond acceptors (Lipinski definition) is 7. The zero-order valence-electron chi connectivity index (χ0n) is 36.8. The highest BCUT2D eigenvalue weighted by Gasteiger charge is 2.46. The van der Waals surface area contributed by atoms with Gasteiger partial charge in [-0.15, -0.1) is 0 Å². The summed E-state index contributed by atoms with van der Waals surface area (Å²) in [7, 11) is 0. The van der Waals surface area contributed by atoms with E-state index in [0.717, 1.165) is 42.4 Å². The third-order valence-corrected chi connectivity index (χ3v) is 9.08. The largest absolute Gasteiger partial charge is 0.463 e.